The van der Waals surface area contributed by atoms with Crippen molar-refractivity contribution in [2.45, 2.75) is 0 Å². The van der Waals surface area contributed by atoms with Gasteiger partial charge in [0.25, 0.3) is 0 Å². The molecule has 0 spiro atoms. The lowest BCUT2D eigenvalue weighted by Gasteiger charge is -2.08. The SMILES string of the molecule is Brc1nc(-c2cccc3c2[nH]c2ccccc23)cc(-c2cccc3c2[nH]c2ccccc23)n1. The average Bonchev–Trinajstić information content (AvgIpc) is 3.42. The summed E-state index contributed by atoms with van der Waals surface area (Å²) in [6.07, 6.45) is 0. The Bertz CT molecular complexity index is 1710. The van der Waals surface area contributed by atoms with Crippen LogP contribution < -0.4 is 0 Å². The highest BCUT2D eigenvalue weighted by atomic mass is 79.9. The zero-order chi connectivity index (χ0) is 21.9. The Labute approximate surface area is 197 Å². The molecule has 0 unspecified atom stereocenters. The molecule has 0 aliphatic carbocycles. The number of fused-ring (bicyclic) bond motifs is 6. The standard InChI is InChI=1S/C28H17BrN4/c29-28-32-24(20-11-5-9-18-16-7-1-3-13-22(16)30-26(18)20)15-25(33-28)21-12-6-10-19-17-8-2-4-14-23(17)31-27(19)21/h1-15,30-31H. The summed E-state index contributed by atoms with van der Waals surface area (Å²) in [5.74, 6) is 0. The van der Waals surface area contributed by atoms with Gasteiger partial charge in [-0.1, -0.05) is 72.8 Å². The number of hydrogen-bond acceptors (Lipinski definition) is 2. The van der Waals surface area contributed by atoms with Crippen molar-refractivity contribution in [3.63, 3.8) is 0 Å². The van der Waals surface area contributed by atoms with E-state index in [1.165, 1.54) is 21.5 Å². The summed E-state index contributed by atoms with van der Waals surface area (Å²) < 4.78 is 0.566. The second-order valence-electron chi connectivity index (χ2n) is 8.20. The van der Waals surface area contributed by atoms with E-state index in [2.05, 4.69) is 117 Å². The van der Waals surface area contributed by atoms with Crippen LogP contribution in [0.1, 0.15) is 0 Å². The summed E-state index contributed by atoms with van der Waals surface area (Å²) in [5.41, 5.74) is 8.26. The molecule has 4 nitrogen and oxygen atoms in total. The number of para-hydroxylation sites is 4. The maximum absolute atomic E-state index is 4.75. The van der Waals surface area contributed by atoms with Gasteiger partial charge in [-0.25, -0.2) is 9.97 Å². The smallest absolute Gasteiger partial charge is 0.197 e. The molecule has 0 radical (unpaired) electrons. The molecule has 4 aromatic carbocycles. The average molecular weight is 489 g/mol. The number of aromatic amines is 2. The van der Waals surface area contributed by atoms with Gasteiger partial charge in [-0.15, -0.1) is 0 Å². The van der Waals surface area contributed by atoms with Crippen LogP contribution in [0.5, 0.6) is 0 Å². The lowest BCUT2D eigenvalue weighted by atomic mass is 10.0. The fourth-order valence-electron chi connectivity index (χ4n) is 4.87. The molecule has 5 heteroatoms. The Morgan fingerprint density at radius 1 is 0.515 bits per heavy atom. The molecule has 2 N–H and O–H groups in total. The summed E-state index contributed by atoms with van der Waals surface area (Å²) in [7, 11) is 0. The normalized spacial score (nSPS) is 11.8. The molecule has 0 fully saturated rings. The Hall–Kier alpha value is -3.96. The Morgan fingerprint density at radius 2 is 0.970 bits per heavy atom. The second kappa shape index (κ2) is 7.02. The third kappa shape index (κ3) is 2.82. The van der Waals surface area contributed by atoms with Gasteiger partial charge in [0, 0.05) is 43.7 Å². The number of rotatable bonds is 2. The minimum Gasteiger partial charge on any atom is -0.354 e. The van der Waals surface area contributed by atoms with Crippen LogP contribution in [0, 0.1) is 0 Å². The van der Waals surface area contributed by atoms with Crippen molar-refractivity contribution >= 4 is 59.5 Å². The van der Waals surface area contributed by atoms with Crippen LogP contribution >= 0.6 is 15.9 Å². The van der Waals surface area contributed by atoms with Crippen molar-refractivity contribution in [1.82, 2.24) is 19.9 Å². The quantitative estimate of drug-likeness (QED) is 0.243. The molecule has 0 saturated heterocycles. The Kier molecular flexibility index (Phi) is 3.96. The molecule has 156 valence electrons. The number of hydrogen-bond donors (Lipinski definition) is 2. The monoisotopic (exact) mass is 488 g/mol. The van der Waals surface area contributed by atoms with Crippen molar-refractivity contribution in [1.29, 1.82) is 0 Å². The number of benzene rings is 4. The molecule has 33 heavy (non-hydrogen) atoms. The predicted molar refractivity (Wildman–Crippen MR) is 139 cm³/mol. The topological polar surface area (TPSA) is 57.4 Å². The molecule has 3 aromatic heterocycles. The summed E-state index contributed by atoms with van der Waals surface area (Å²) in [5, 5.41) is 4.81. The highest BCUT2D eigenvalue weighted by Crippen LogP contribution is 2.36. The van der Waals surface area contributed by atoms with E-state index in [-0.39, 0.29) is 0 Å². The first-order valence-electron chi connectivity index (χ1n) is 10.8. The predicted octanol–water partition coefficient (Wildman–Crippen LogP) is 7.84. The van der Waals surface area contributed by atoms with Gasteiger partial charge in [0.2, 0.25) is 0 Å². The largest absolute Gasteiger partial charge is 0.354 e. The fraction of sp³-hybridized carbons (Fsp3) is 0. The molecule has 7 rings (SSSR count). The summed E-state index contributed by atoms with van der Waals surface area (Å²) >= 11 is 3.56. The number of H-pyrrole nitrogens is 2. The van der Waals surface area contributed by atoms with Gasteiger partial charge in [-0.3, -0.25) is 0 Å². The van der Waals surface area contributed by atoms with Gasteiger partial charge < -0.3 is 9.97 Å². The van der Waals surface area contributed by atoms with E-state index in [9.17, 15) is 0 Å². The van der Waals surface area contributed by atoms with E-state index in [4.69, 9.17) is 9.97 Å². The molecule has 0 atom stereocenters. The molecule has 0 aliphatic rings. The van der Waals surface area contributed by atoms with Crippen LogP contribution in [0.15, 0.2) is 95.7 Å². The van der Waals surface area contributed by atoms with E-state index in [1.54, 1.807) is 0 Å². The van der Waals surface area contributed by atoms with Gasteiger partial charge in [-0.2, -0.15) is 0 Å². The highest BCUT2D eigenvalue weighted by molar-refractivity contribution is 9.10. The minimum atomic E-state index is 0.566. The summed E-state index contributed by atoms with van der Waals surface area (Å²) in [6, 6.07) is 31.5. The summed E-state index contributed by atoms with van der Waals surface area (Å²) in [4.78, 5) is 16.7. The minimum absolute atomic E-state index is 0.566. The van der Waals surface area contributed by atoms with E-state index in [0.29, 0.717) is 4.73 Å². The van der Waals surface area contributed by atoms with Crippen molar-refractivity contribution in [2.75, 3.05) is 0 Å². The van der Waals surface area contributed by atoms with Crippen LogP contribution in [-0.4, -0.2) is 19.9 Å². The molecule has 0 saturated carbocycles. The third-order valence-corrected chi connectivity index (χ3v) is 6.69. The number of aromatic nitrogens is 4. The molecule has 3 heterocycles. The first kappa shape index (κ1) is 18.6. The second-order valence-corrected chi connectivity index (χ2v) is 8.91. The first-order chi connectivity index (χ1) is 16.3. The first-order valence-corrected chi connectivity index (χ1v) is 11.6. The maximum Gasteiger partial charge on any atom is 0.197 e. The van der Waals surface area contributed by atoms with Crippen LogP contribution in [0.4, 0.5) is 0 Å². The third-order valence-electron chi connectivity index (χ3n) is 6.33. The van der Waals surface area contributed by atoms with Crippen molar-refractivity contribution in [3.8, 4) is 22.5 Å². The Morgan fingerprint density at radius 3 is 1.48 bits per heavy atom. The maximum atomic E-state index is 4.75. The Balaban J connectivity index is 1.48. The molecule has 0 bridgehead atoms. The van der Waals surface area contributed by atoms with E-state index in [1.807, 2.05) is 0 Å². The van der Waals surface area contributed by atoms with Crippen molar-refractivity contribution in [2.24, 2.45) is 0 Å². The lowest BCUT2D eigenvalue weighted by molar-refractivity contribution is 1.12. The van der Waals surface area contributed by atoms with Crippen molar-refractivity contribution < 1.29 is 0 Å². The van der Waals surface area contributed by atoms with Gasteiger partial charge in [0.1, 0.15) is 0 Å². The molecular formula is C28H17BrN4. The molecule has 0 amide bonds. The van der Waals surface area contributed by atoms with Crippen LogP contribution in [-0.2, 0) is 0 Å². The molecule has 0 aliphatic heterocycles. The highest BCUT2D eigenvalue weighted by Gasteiger charge is 2.15. The summed E-state index contributed by atoms with van der Waals surface area (Å²) in [6.45, 7) is 0. The van der Waals surface area contributed by atoms with Crippen LogP contribution in [0.3, 0.4) is 0 Å². The van der Waals surface area contributed by atoms with Gasteiger partial charge in [0.05, 0.1) is 22.4 Å². The van der Waals surface area contributed by atoms with Crippen LogP contribution in [0.25, 0.3) is 66.1 Å². The van der Waals surface area contributed by atoms with E-state index >= 15 is 0 Å². The number of nitrogens with zero attached hydrogens (tertiary/aromatic N) is 2. The fourth-order valence-corrected chi connectivity index (χ4v) is 5.25. The van der Waals surface area contributed by atoms with Gasteiger partial charge >= 0.3 is 0 Å². The molecule has 7 aromatic rings. The lowest BCUT2D eigenvalue weighted by Crippen LogP contribution is -1.93. The van der Waals surface area contributed by atoms with Crippen LogP contribution in [0.2, 0.25) is 0 Å². The molecular weight excluding hydrogens is 472 g/mol. The van der Waals surface area contributed by atoms with Gasteiger partial charge in [0.15, 0.2) is 4.73 Å². The zero-order valence-electron chi connectivity index (χ0n) is 17.4. The van der Waals surface area contributed by atoms with E-state index in [0.717, 1.165) is 44.6 Å². The van der Waals surface area contributed by atoms with Gasteiger partial charge in [-0.05, 0) is 34.1 Å². The zero-order valence-corrected chi connectivity index (χ0v) is 19.0. The number of nitrogens with one attached hydrogen (secondary N) is 2. The number of halogens is 1. The van der Waals surface area contributed by atoms with Crippen molar-refractivity contribution in [3.05, 3.63) is 95.7 Å². The van der Waals surface area contributed by atoms with E-state index < -0.39 is 0 Å².